The molecule has 0 aromatic rings. The van der Waals surface area contributed by atoms with Gasteiger partial charge in [-0.15, -0.1) is 0 Å². The molecule has 0 heterocycles. The normalized spacial score (nSPS) is 49.0. The van der Waals surface area contributed by atoms with Gasteiger partial charge in [0.15, 0.2) is 5.78 Å². The summed E-state index contributed by atoms with van der Waals surface area (Å²) >= 11 is 0. The Hall–Kier alpha value is -1.12. The smallest absolute Gasteiger partial charge is 0.303 e. The quantitative estimate of drug-likeness (QED) is 0.712. The minimum atomic E-state index is -0.649. The number of carbonyl (C=O) groups excluding carboxylic acids is 1. The Kier molecular flexibility index (Phi) is 4.59. The minimum Gasteiger partial charge on any atom is -0.481 e. The maximum absolute atomic E-state index is 12.2. The van der Waals surface area contributed by atoms with Gasteiger partial charge in [0.1, 0.15) is 0 Å². The van der Waals surface area contributed by atoms with Gasteiger partial charge in [0.2, 0.25) is 0 Å². The van der Waals surface area contributed by atoms with E-state index in [1.807, 2.05) is 6.08 Å². The van der Waals surface area contributed by atoms with Crippen molar-refractivity contribution in [3.05, 3.63) is 11.6 Å². The fourth-order valence-corrected chi connectivity index (χ4v) is 8.16. The van der Waals surface area contributed by atoms with E-state index in [1.165, 1.54) is 31.3 Å². The van der Waals surface area contributed by atoms with Gasteiger partial charge in [-0.2, -0.15) is 0 Å². The molecule has 3 heteroatoms. The third-order valence-corrected chi connectivity index (χ3v) is 9.81. The van der Waals surface area contributed by atoms with Crippen LogP contribution in [0.15, 0.2) is 11.6 Å². The molecule has 4 rings (SSSR count). The maximum atomic E-state index is 12.2. The van der Waals surface area contributed by atoms with E-state index in [0.717, 1.165) is 24.7 Å². The molecule has 27 heavy (non-hydrogen) atoms. The van der Waals surface area contributed by atoms with Crippen molar-refractivity contribution in [3.8, 4) is 0 Å². The maximum Gasteiger partial charge on any atom is 0.303 e. The molecule has 7 unspecified atom stereocenters. The molecule has 8 atom stereocenters. The van der Waals surface area contributed by atoms with E-state index in [-0.39, 0.29) is 5.41 Å². The number of carbonyl (C=O) groups is 2. The summed E-state index contributed by atoms with van der Waals surface area (Å²) in [6.07, 6.45) is 9.89. The summed E-state index contributed by atoms with van der Waals surface area (Å²) in [5.74, 6) is 3.50. The number of fused-ring (bicyclic) bond motifs is 5. The number of rotatable bonds is 3. The van der Waals surface area contributed by atoms with Gasteiger partial charge in [0.25, 0.3) is 0 Å². The minimum absolute atomic E-state index is 0.199. The van der Waals surface area contributed by atoms with Crippen LogP contribution in [-0.4, -0.2) is 16.9 Å². The van der Waals surface area contributed by atoms with Gasteiger partial charge in [0, 0.05) is 12.8 Å². The summed E-state index contributed by atoms with van der Waals surface area (Å²) in [6, 6.07) is 0. The van der Waals surface area contributed by atoms with Crippen LogP contribution in [0.5, 0.6) is 0 Å². The summed E-state index contributed by atoms with van der Waals surface area (Å²) in [6.45, 7) is 9.71. The van der Waals surface area contributed by atoms with E-state index in [4.69, 9.17) is 5.11 Å². The highest BCUT2D eigenvalue weighted by atomic mass is 16.4. The summed E-state index contributed by atoms with van der Waals surface area (Å²) in [4.78, 5) is 23.3. The van der Waals surface area contributed by atoms with Crippen molar-refractivity contribution in [2.24, 2.45) is 46.3 Å². The van der Waals surface area contributed by atoms with Crippen LogP contribution in [0, 0.1) is 46.3 Å². The van der Waals surface area contributed by atoms with E-state index in [9.17, 15) is 9.59 Å². The molecule has 0 aromatic carbocycles. The zero-order chi connectivity index (χ0) is 19.6. The Morgan fingerprint density at radius 2 is 1.89 bits per heavy atom. The van der Waals surface area contributed by atoms with Crippen LogP contribution in [0.3, 0.4) is 0 Å². The standard InChI is InChI=1S/C24H36O3/c1-14-15(2)22-18-7-5-16(6-8-21(26)27)23(18,3)12-10-19(22)24(4)11-9-17(25)13-20(14)24/h13-16,18-19,22H,5-12H2,1-4H3,(H,26,27)/t14?,15?,16-,18?,19?,22?,23?,24?/m0/s1. The van der Waals surface area contributed by atoms with E-state index in [2.05, 4.69) is 27.7 Å². The molecular weight excluding hydrogens is 336 g/mol. The number of allylic oxidation sites excluding steroid dienone is 1. The molecule has 0 aromatic heterocycles. The number of carboxylic acids is 1. The number of ketones is 1. The third kappa shape index (κ3) is 2.75. The molecule has 3 saturated carbocycles. The second kappa shape index (κ2) is 6.46. The van der Waals surface area contributed by atoms with E-state index in [0.29, 0.717) is 47.7 Å². The fraction of sp³-hybridized carbons (Fsp3) is 0.833. The summed E-state index contributed by atoms with van der Waals surface area (Å²) in [5, 5.41) is 9.17. The van der Waals surface area contributed by atoms with Crippen molar-refractivity contribution in [2.45, 2.75) is 79.1 Å². The first kappa shape index (κ1) is 19.2. The third-order valence-electron chi connectivity index (χ3n) is 9.81. The van der Waals surface area contributed by atoms with Gasteiger partial charge in [-0.1, -0.05) is 33.3 Å². The highest BCUT2D eigenvalue weighted by Crippen LogP contribution is 2.69. The average molecular weight is 373 g/mol. The first-order chi connectivity index (χ1) is 12.7. The molecular formula is C24H36O3. The van der Waals surface area contributed by atoms with Crippen LogP contribution in [0.2, 0.25) is 0 Å². The monoisotopic (exact) mass is 372 g/mol. The van der Waals surface area contributed by atoms with Gasteiger partial charge in [0.05, 0.1) is 0 Å². The van der Waals surface area contributed by atoms with Gasteiger partial charge >= 0.3 is 5.97 Å². The van der Waals surface area contributed by atoms with E-state index < -0.39 is 5.97 Å². The highest BCUT2D eigenvalue weighted by molar-refractivity contribution is 5.91. The highest BCUT2D eigenvalue weighted by Gasteiger charge is 2.61. The molecule has 0 bridgehead atoms. The molecule has 0 radical (unpaired) electrons. The Labute approximate surface area is 164 Å². The van der Waals surface area contributed by atoms with Crippen molar-refractivity contribution in [2.75, 3.05) is 0 Å². The molecule has 0 aliphatic heterocycles. The summed E-state index contributed by atoms with van der Waals surface area (Å²) < 4.78 is 0. The van der Waals surface area contributed by atoms with Crippen molar-refractivity contribution >= 4 is 11.8 Å². The number of aliphatic carboxylic acids is 1. The summed E-state index contributed by atoms with van der Waals surface area (Å²) in [7, 11) is 0. The second-order valence-corrected chi connectivity index (χ2v) is 10.7. The second-order valence-electron chi connectivity index (χ2n) is 10.7. The zero-order valence-corrected chi connectivity index (χ0v) is 17.5. The van der Waals surface area contributed by atoms with Crippen LogP contribution in [0.1, 0.15) is 79.1 Å². The van der Waals surface area contributed by atoms with Crippen molar-refractivity contribution in [3.63, 3.8) is 0 Å². The zero-order valence-electron chi connectivity index (χ0n) is 17.5. The molecule has 3 fully saturated rings. The van der Waals surface area contributed by atoms with E-state index >= 15 is 0 Å². The fourth-order valence-electron chi connectivity index (χ4n) is 8.16. The van der Waals surface area contributed by atoms with Crippen LogP contribution >= 0.6 is 0 Å². The Morgan fingerprint density at radius 3 is 2.59 bits per heavy atom. The van der Waals surface area contributed by atoms with Gasteiger partial charge < -0.3 is 5.11 Å². The van der Waals surface area contributed by atoms with Crippen molar-refractivity contribution in [1.82, 2.24) is 0 Å². The molecule has 4 aliphatic carbocycles. The van der Waals surface area contributed by atoms with E-state index in [1.54, 1.807) is 0 Å². The molecule has 0 spiro atoms. The molecule has 4 aliphatic rings. The van der Waals surface area contributed by atoms with Gasteiger partial charge in [-0.05, 0) is 90.9 Å². The predicted molar refractivity (Wildman–Crippen MR) is 106 cm³/mol. The van der Waals surface area contributed by atoms with Crippen LogP contribution < -0.4 is 0 Å². The SMILES string of the molecule is CC1C2=CC(=O)CCC2(C)C2CCC3(C)C(CC[C@H]3CCC(=O)O)C2C1C. The Bertz CT molecular complexity index is 679. The molecule has 1 N–H and O–H groups in total. The lowest BCUT2D eigenvalue weighted by Gasteiger charge is -2.62. The lowest BCUT2D eigenvalue weighted by atomic mass is 9.43. The molecule has 0 saturated heterocycles. The van der Waals surface area contributed by atoms with Crippen LogP contribution in [0.4, 0.5) is 0 Å². The lowest BCUT2D eigenvalue weighted by molar-refractivity contribution is -0.138. The number of hydrogen-bond donors (Lipinski definition) is 1. The van der Waals surface area contributed by atoms with Gasteiger partial charge in [-0.3, -0.25) is 9.59 Å². The Morgan fingerprint density at radius 1 is 1.15 bits per heavy atom. The predicted octanol–water partition coefficient (Wildman–Crippen LogP) is 5.49. The topological polar surface area (TPSA) is 54.4 Å². The molecule has 3 nitrogen and oxygen atoms in total. The van der Waals surface area contributed by atoms with Crippen LogP contribution in [0.25, 0.3) is 0 Å². The first-order valence-corrected chi connectivity index (χ1v) is 11.1. The lowest BCUT2D eigenvalue weighted by Crippen LogP contribution is -2.55. The first-order valence-electron chi connectivity index (χ1n) is 11.1. The molecule has 0 amide bonds. The van der Waals surface area contributed by atoms with Crippen molar-refractivity contribution in [1.29, 1.82) is 0 Å². The Balaban J connectivity index is 1.66. The largest absolute Gasteiger partial charge is 0.481 e. The number of hydrogen-bond acceptors (Lipinski definition) is 2. The summed E-state index contributed by atoms with van der Waals surface area (Å²) in [5.41, 5.74) is 1.95. The number of carboxylic acid groups (broad SMARTS) is 1. The average Bonchev–Trinajstić information content (AvgIpc) is 2.95. The van der Waals surface area contributed by atoms with Crippen molar-refractivity contribution < 1.29 is 14.7 Å². The van der Waals surface area contributed by atoms with Crippen LogP contribution in [-0.2, 0) is 9.59 Å². The van der Waals surface area contributed by atoms with Gasteiger partial charge in [-0.25, -0.2) is 0 Å². The molecule has 150 valence electrons.